The van der Waals surface area contributed by atoms with E-state index in [-0.39, 0.29) is 11.8 Å². The van der Waals surface area contributed by atoms with Crippen LogP contribution in [0.15, 0.2) is 35.8 Å². The lowest BCUT2D eigenvalue weighted by Gasteiger charge is -2.24. The Morgan fingerprint density at radius 1 is 1.35 bits per heavy atom. The van der Waals surface area contributed by atoms with Crippen molar-refractivity contribution in [2.75, 3.05) is 13.1 Å². The van der Waals surface area contributed by atoms with Gasteiger partial charge in [-0.05, 0) is 51.1 Å². The van der Waals surface area contributed by atoms with Gasteiger partial charge in [-0.1, -0.05) is 30.3 Å². The predicted octanol–water partition coefficient (Wildman–Crippen LogP) is 3.73. The van der Waals surface area contributed by atoms with Gasteiger partial charge in [0.1, 0.15) is 0 Å². The number of nitrogens with zero attached hydrogens (tertiary/aromatic N) is 2. The van der Waals surface area contributed by atoms with Crippen molar-refractivity contribution in [3.63, 3.8) is 0 Å². The van der Waals surface area contributed by atoms with Gasteiger partial charge < -0.3 is 5.32 Å². The Kier molecular flexibility index (Phi) is 5.36. The lowest BCUT2D eigenvalue weighted by molar-refractivity contribution is -0.125. The highest BCUT2D eigenvalue weighted by atomic mass is 32.1. The zero-order valence-electron chi connectivity index (χ0n) is 15.4. The molecule has 0 spiro atoms. The average molecular weight is 370 g/mol. The third-order valence-electron chi connectivity index (χ3n) is 5.93. The van der Waals surface area contributed by atoms with E-state index in [1.165, 1.54) is 16.9 Å². The molecule has 0 bridgehead atoms. The van der Waals surface area contributed by atoms with Gasteiger partial charge in [0.25, 0.3) is 0 Å². The van der Waals surface area contributed by atoms with Crippen molar-refractivity contribution in [2.45, 2.75) is 51.1 Å². The number of hydrogen-bond donors (Lipinski definition) is 1. The van der Waals surface area contributed by atoms with Crippen LogP contribution in [0.5, 0.6) is 0 Å². The monoisotopic (exact) mass is 369 g/mol. The summed E-state index contributed by atoms with van der Waals surface area (Å²) in [5.74, 6) is 0.384. The number of nitrogens with one attached hydrogen (secondary N) is 1. The first kappa shape index (κ1) is 17.7. The minimum Gasteiger partial charge on any atom is -0.356 e. The average Bonchev–Trinajstić information content (AvgIpc) is 3.36. The smallest absolute Gasteiger partial charge is 0.224 e. The van der Waals surface area contributed by atoms with Gasteiger partial charge in [-0.3, -0.25) is 9.69 Å². The van der Waals surface area contributed by atoms with E-state index < -0.39 is 0 Å². The van der Waals surface area contributed by atoms with Crippen LogP contribution < -0.4 is 5.32 Å². The van der Waals surface area contributed by atoms with Crippen LogP contribution in [-0.2, 0) is 11.2 Å². The number of aromatic nitrogens is 1. The van der Waals surface area contributed by atoms with E-state index >= 15 is 0 Å². The molecule has 4 nitrogen and oxygen atoms in total. The first-order valence-corrected chi connectivity index (χ1v) is 10.6. The molecule has 2 aromatic rings. The Labute approximate surface area is 159 Å². The highest BCUT2D eigenvalue weighted by Crippen LogP contribution is 2.44. The number of benzene rings is 1. The van der Waals surface area contributed by atoms with E-state index in [9.17, 15) is 4.79 Å². The van der Waals surface area contributed by atoms with Crippen molar-refractivity contribution in [3.05, 3.63) is 52.0 Å². The van der Waals surface area contributed by atoms with Crippen LogP contribution in [0.1, 0.15) is 47.9 Å². The fraction of sp³-hybridized carbons (Fsp3) is 0.524. The highest BCUT2D eigenvalue weighted by molar-refractivity contribution is 7.09. The number of aryl methyl sites for hydroxylation is 2. The number of carbonyl (C=O) groups excluding carboxylic acids is 1. The maximum atomic E-state index is 12.8. The first-order chi connectivity index (χ1) is 12.7. The molecule has 4 rings (SSSR count). The summed E-state index contributed by atoms with van der Waals surface area (Å²) in [6, 6.07) is 11.5. The molecule has 2 aliphatic heterocycles. The molecular formula is C21H27N3OS. The number of thiazole rings is 1. The third-order valence-corrected chi connectivity index (χ3v) is 6.92. The minimum atomic E-state index is 0.132. The fourth-order valence-electron chi connectivity index (χ4n) is 4.61. The molecule has 26 heavy (non-hydrogen) atoms. The summed E-state index contributed by atoms with van der Waals surface area (Å²) in [7, 11) is 0. The molecule has 1 N–H and O–H groups in total. The van der Waals surface area contributed by atoms with Gasteiger partial charge in [0, 0.05) is 23.5 Å². The molecule has 0 radical (unpaired) electrons. The number of rotatable bonds is 6. The summed E-state index contributed by atoms with van der Waals surface area (Å²) >= 11 is 1.71. The van der Waals surface area contributed by atoms with Crippen LogP contribution in [0.3, 0.4) is 0 Å². The number of hydrogen-bond acceptors (Lipinski definition) is 4. The van der Waals surface area contributed by atoms with Crippen LogP contribution in [0.4, 0.5) is 0 Å². The summed E-state index contributed by atoms with van der Waals surface area (Å²) < 4.78 is 0. The molecule has 0 saturated carbocycles. The fourth-order valence-corrected chi connectivity index (χ4v) is 5.43. The van der Waals surface area contributed by atoms with Crippen molar-refractivity contribution >= 4 is 17.2 Å². The number of fused-ring (bicyclic) bond motifs is 1. The SMILES string of the molecule is Cc1ncsc1CCCNC(=O)[C@@H]1C[C@H](c2ccccc2)N2CCC[C@@H]12. The Bertz CT molecular complexity index is 745. The molecule has 1 amide bonds. The first-order valence-electron chi connectivity index (χ1n) is 9.71. The molecule has 5 heteroatoms. The van der Waals surface area contributed by atoms with Gasteiger partial charge in [-0.25, -0.2) is 4.98 Å². The summed E-state index contributed by atoms with van der Waals surface area (Å²) in [5.41, 5.74) is 4.39. The normalized spacial score (nSPS) is 25.3. The molecule has 2 aliphatic rings. The predicted molar refractivity (Wildman–Crippen MR) is 105 cm³/mol. The summed E-state index contributed by atoms with van der Waals surface area (Å²) in [5, 5.41) is 3.21. The number of amides is 1. The lowest BCUT2D eigenvalue weighted by Crippen LogP contribution is -2.37. The van der Waals surface area contributed by atoms with Crippen LogP contribution in [0, 0.1) is 12.8 Å². The zero-order valence-corrected chi connectivity index (χ0v) is 16.2. The van der Waals surface area contributed by atoms with Gasteiger partial charge in [-0.2, -0.15) is 0 Å². The second-order valence-electron chi connectivity index (χ2n) is 7.47. The highest BCUT2D eigenvalue weighted by Gasteiger charge is 2.46. The van der Waals surface area contributed by atoms with Crippen molar-refractivity contribution in [1.29, 1.82) is 0 Å². The van der Waals surface area contributed by atoms with E-state index in [0.29, 0.717) is 12.1 Å². The minimum absolute atomic E-state index is 0.132. The second kappa shape index (κ2) is 7.89. The van der Waals surface area contributed by atoms with Gasteiger partial charge in [0.2, 0.25) is 5.91 Å². The summed E-state index contributed by atoms with van der Waals surface area (Å²) in [4.78, 5) is 21.0. The lowest BCUT2D eigenvalue weighted by atomic mass is 9.93. The Hall–Kier alpha value is -1.72. The van der Waals surface area contributed by atoms with Gasteiger partial charge in [0.15, 0.2) is 0 Å². The summed E-state index contributed by atoms with van der Waals surface area (Å²) in [6.07, 6.45) is 5.31. The molecule has 138 valence electrons. The molecule has 0 unspecified atom stereocenters. The molecule has 3 atom stereocenters. The van der Waals surface area contributed by atoms with Crippen molar-refractivity contribution < 1.29 is 4.79 Å². The topological polar surface area (TPSA) is 45.2 Å². The molecule has 2 saturated heterocycles. The molecule has 3 heterocycles. The number of carbonyl (C=O) groups is 1. The van der Waals surface area contributed by atoms with Crippen LogP contribution >= 0.6 is 11.3 Å². The quantitative estimate of drug-likeness (QED) is 0.789. The largest absolute Gasteiger partial charge is 0.356 e. The van der Waals surface area contributed by atoms with Gasteiger partial charge in [0.05, 0.1) is 17.1 Å². The van der Waals surface area contributed by atoms with E-state index in [0.717, 1.165) is 44.5 Å². The van der Waals surface area contributed by atoms with Crippen molar-refractivity contribution in [3.8, 4) is 0 Å². The molecule has 2 fully saturated rings. The van der Waals surface area contributed by atoms with Crippen LogP contribution in [0.25, 0.3) is 0 Å². The van der Waals surface area contributed by atoms with E-state index in [2.05, 4.69) is 52.5 Å². The molecule has 1 aromatic heterocycles. The van der Waals surface area contributed by atoms with Crippen molar-refractivity contribution in [2.24, 2.45) is 5.92 Å². The summed E-state index contributed by atoms with van der Waals surface area (Å²) in [6.45, 7) is 3.94. The standard InChI is InChI=1S/C21H27N3OS/c1-15-20(26-14-23-15)10-5-11-22-21(25)17-13-19(16-7-3-2-4-8-16)24-12-6-9-18(17)24/h2-4,7-8,14,17-19H,5-6,9-13H2,1H3,(H,22,25)/t17-,18+,19-/m1/s1. The zero-order chi connectivity index (χ0) is 17.9. The van der Waals surface area contributed by atoms with Gasteiger partial charge in [-0.15, -0.1) is 11.3 Å². The van der Waals surface area contributed by atoms with Gasteiger partial charge >= 0.3 is 0 Å². The van der Waals surface area contributed by atoms with Crippen LogP contribution in [-0.4, -0.2) is 34.9 Å². The molecular weight excluding hydrogens is 342 g/mol. The maximum Gasteiger partial charge on any atom is 0.224 e. The van der Waals surface area contributed by atoms with Crippen molar-refractivity contribution in [1.82, 2.24) is 15.2 Å². The molecule has 0 aliphatic carbocycles. The Balaban J connectivity index is 1.33. The molecule has 1 aromatic carbocycles. The van der Waals surface area contributed by atoms with E-state index in [1.807, 2.05) is 5.51 Å². The van der Waals surface area contributed by atoms with E-state index in [4.69, 9.17) is 0 Å². The maximum absolute atomic E-state index is 12.8. The Morgan fingerprint density at radius 3 is 2.96 bits per heavy atom. The Morgan fingerprint density at radius 2 is 2.19 bits per heavy atom. The second-order valence-corrected chi connectivity index (χ2v) is 8.41. The van der Waals surface area contributed by atoms with E-state index in [1.54, 1.807) is 11.3 Å². The van der Waals surface area contributed by atoms with Crippen LogP contribution in [0.2, 0.25) is 0 Å². The third kappa shape index (κ3) is 3.55.